The van der Waals surface area contributed by atoms with Gasteiger partial charge in [-0.25, -0.2) is 13.4 Å². The van der Waals surface area contributed by atoms with Crippen molar-refractivity contribution < 1.29 is 13.2 Å². The number of anilines is 1. The molecule has 0 aliphatic rings. The summed E-state index contributed by atoms with van der Waals surface area (Å²) in [6.07, 6.45) is 2.53. The first-order valence-corrected chi connectivity index (χ1v) is 14.4. The van der Waals surface area contributed by atoms with Gasteiger partial charge in [0.25, 0.3) is 5.91 Å². The summed E-state index contributed by atoms with van der Waals surface area (Å²) >= 11 is 1.50. The normalized spacial score (nSPS) is 11.8. The Labute approximate surface area is 225 Å². The quantitative estimate of drug-likeness (QED) is 0.299. The average Bonchev–Trinajstić information content (AvgIpc) is 3.27. The van der Waals surface area contributed by atoms with E-state index in [1.807, 2.05) is 53.1 Å². The summed E-state index contributed by atoms with van der Waals surface area (Å²) in [5.41, 5.74) is 2.43. The monoisotopic (exact) mass is 552 g/mol. The van der Waals surface area contributed by atoms with Crippen LogP contribution in [0.5, 0.6) is 0 Å². The molecule has 0 bridgehead atoms. The molecule has 0 aliphatic heterocycles. The van der Waals surface area contributed by atoms with Crippen molar-refractivity contribution in [2.75, 3.05) is 45.2 Å². The van der Waals surface area contributed by atoms with Crippen molar-refractivity contribution in [1.82, 2.24) is 14.2 Å². The lowest BCUT2D eigenvalue weighted by Gasteiger charge is -2.22. The van der Waals surface area contributed by atoms with E-state index in [2.05, 4.69) is 4.90 Å². The van der Waals surface area contributed by atoms with Crippen LogP contribution in [-0.2, 0) is 10.0 Å². The number of hydrogen-bond donors (Lipinski definition) is 0. The SMILES string of the molecule is CCCCN(CC)S(=O)(=O)c1ccc(C(=O)N(CCCN(C)C)c2nc3c(C)cccc3s2)cc1.Cl. The van der Waals surface area contributed by atoms with Crippen LogP contribution in [0.3, 0.4) is 0 Å². The van der Waals surface area contributed by atoms with Crippen molar-refractivity contribution in [3.8, 4) is 0 Å². The van der Waals surface area contributed by atoms with Crippen molar-refractivity contribution in [1.29, 1.82) is 0 Å². The first-order chi connectivity index (χ1) is 16.7. The molecule has 3 aromatic rings. The molecule has 0 atom stereocenters. The molecule has 0 radical (unpaired) electrons. The van der Waals surface area contributed by atoms with Gasteiger partial charge in [-0.1, -0.05) is 43.7 Å². The summed E-state index contributed by atoms with van der Waals surface area (Å²) in [6.45, 7) is 8.18. The summed E-state index contributed by atoms with van der Waals surface area (Å²) in [4.78, 5) is 22.4. The molecule has 1 amide bonds. The third kappa shape index (κ3) is 7.04. The maximum Gasteiger partial charge on any atom is 0.260 e. The molecule has 0 aliphatic carbocycles. The number of carbonyl (C=O) groups is 1. The van der Waals surface area contributed by atoms with Crippen LogP contribution in [0.2, 0.25) is 0 Å². The van der Waals surface area contributed by atoms with Crippen molar-refractivity contribution in [2.45, 2.75) is 44.9 Å². The zero-order valence-corrected chi connectivity index (χ0v) is 24.2. The maximum absolute atomic E-state index is 13.6. The Bertz CT molecular complexity index is 1240. The number of fused-ring (bicyclic) bond motifs is 1. The van der Waals surface area contributed by atoms with Crippen LogP contribution in [0.1, 0.15) is 49.0 Å². The smallest absolute Gasteiger partial charge is 0.260 e. The largest absolute Gasteiger partial charge is 0.309 e. The topological polar surface area (TPSA) is 73.8 Å². The molecule has 0 spiro atoms. The minimum Gasteiger partial charge on any atom is -0.309 e. The van der Waals surface area contributed by atoms with E-state index in [1.54, 1.807) is 17.0 Å². The van der Waals surface area contributed by atoms with E-state index in [-0.39, 0.29) is 23.2 Å². The fourth-order valence-corrected chi connectivity index (χ4v) is 6.43. The van der Waals surface area contributed by atoms with Crippen LogP contribution < -0.4 is 4.90 Å². The predicted molar refractivity (Wildman–Crippen MR) is 152 cm³/mol. The van der Waals surface area contributed by atoms with E-state index >= 15 is 0 Å². The van der Waals surface area contributed by atoms with Gasteiger partial charge in [0, 0.05) is 25.2 Å². The number of sulfonamides is 1. The molecule has 198 valence electrons. The average molecular weight is 553 g/mol. The number of nitrogens with zero attached hydrogens (tertiary/aromatic N) is 4. The zero-order valence-electron chi connectivity index (χ0n) is 21.7. The van der Waals surface area contributed by atoms with Crippen LogP contribution in [0, 0.1) is 6.92 Å². The van der Waals surface area contributed by atoms with Crippen LogP contribution in [0.15, 0.2) is 47.4 Å². The molecular formula is C26H37ClN4O3S2. The van der Waals surface area contributed by atoms with Crippen molar-refractivity contribution >= 4 is 55.0 Å². The highest BCUT2D eigenvalue weighted by Gasteiger charge is 2.25. The fraction of sp³-hybridized carbons (Fsp3) is 0.462. The van der Waals surface area contributed by atoms with Gasteiger partial charge in [0.05, 0.1) is 15.1 Å². The molecule has 1 heterocycles. The predicted octanol–water partition coefficient (Wildman–Crippen LogP) is 5.44. The number of rotatable bonds is 12. The number of amides is 1. The van der Waals surface area contributed by atoms with Crippen LogP contribution in [-0.4, -0.2) is 68.8 Å². The Morgan fingerprint density at radius 3 is 2.25 bits per heavy atom. The number of hydrogen-bond acceptors (Lipinski definition) is 6. The van der Waals surface area contributed by atoms with Gasteiger partial charge >= 0.3 is 0 Å². The third-order valence-corrected chi connectivity index (χ3v) is 8.96. The highest BCUT2D eigenvalue weighted by atomic mass is 35.5. The number of benzene rings is 2. The van der Waals surface area contributed by atoms with Gasteiger partial charge in [-0.15, -0.1) is 12.4 Å². The Hall–Kier alpha value is -2.04. The number of para-hydroxylation sites is 1. The Balaban J connectivity index is 0.00000456. The van der Waals surface area contributed by atoms with Gasteiger partial charge < -0.3 is 4.90 Å². The number of carbonyl (C=O) groups excluding carboxylic acids is 1. The van der Waals surface area contributed by atoms with E-state index < -0.39 is 10.0 Å². The first kappa shape index (κ1) is 30.2. The Morgan fingerprint density at radius 2 is 1.67 bits per heavy atom. The minimum atomic E-state index is -3.59. The van der Waals surface area contributed by atoms with Crippen LogP contribution in [0.25, 0.3) is 10.2 Å². The minimum absolute atomic E-state index is 0. The number of thiazole rings is 1. The second kappa shape index (κ2) is 13.5. The van der Waals surface area contributed by atoms with Gasteiger partial charge in [0.15, 0.2) is 5.13 Å². The van der Waals surface area contributed by atoms with Gasteiger partial charge in [-0.3, -0.25) is 9.69 Å². The molecule has 0 unspecified atom stereocenters. The standard InChI is InChI=1S/C26H36N4O3S2.ClH/c1-6-8-18-29(7-2)35(32,33)22-15-13-21(14-16-22)25(31)30(19-10-17-28(4)5)26-27-24-20(3)11-9-12-23(24)34-26;/h9,11-16H,6-8,10,17-19H2,1-5H3;1H. The molecular weight excluding hydrogens is 516 g/mol. The first-order valence-electron chi connectivity index (χ1n) is 12.1. The summed E-state index contributed by atoms with van der Waals surface area (Å²) in [6, 6.07) is 12.3. The summed E-state index contributed by atoms with van der Waals surface area (Å²) in [5.74, 6) is -0.178. The molecule has 0 fully saturated rings. The van der Waals surface area contributed by atoms with Crippen molar-refractivity contribution in [2.24, 2.45) is 0 Å². The highest BCUT2D eigenvalue weighted by molar-refractivity contribution is 7.89. The molecule has 3 rings (SSSR count). The molecule has 10 heteroatoms. The number of halogens is 1. The zero-order chi connectivity index (χ0) is 25.6. The fourth-order valence-electron chi connectivity index (χ4n) is 3.88. The molecule has 0 saturated heterocycles. The van der Waals surface area contributed by atoms with Gasteiger partial charge in [-0.05, 0) is 76.3 Å². The van der Waals surface area contributed by atoms with Gasteiger partial charge in [0.2, 0.25) is 10.0 Å². The molecule has 7 nitrogen and oxygen atoms in total. The van der Waals surface area contributed by atoms with Crippen LogP contribution >= 0.6 is 23.7 Å². The number of unbranched alkanes of at least 4 members (excludes halogenated alkanes) is 1. The molecule has 2 aromatic carbocycles. The van der Waals surface area contributed by atoms with Gasteiger partial charge in [-0.2, -0.15) is 4.31 Å². The van der Waals surface area contributed by atoms with E-state index in [0.717, 1.165) is 41.6 Å². The Morgan fingerprint density at radius 1 is 0.972 bits per heavy atom. The molecule has 1 aromatic heterocycles. The summed E-state index contributed by atoms with van der Waals surface area (Å²) in [5, 5.41) is 0.659. The molecule has 0 N–H and O–H groups in total. The van der Waals surface area contributed by atoms with E-state index in [1.165, 1.54) is 27.8 Å². The highest BCUT2D eigenvalue weighted by Crippen LogP contribution is 2.31. The summed E-state index contributed by atoms with van der Waals surface area (Å²) < 4.78 is 28.7. The van der Waals surface area contributed by atoms with Crippen molar-refractivity contribution in [3.63, 3.8) is 0 Å². The lowest BCUT2D eigenvalue weighted by molar-refractivity contribution is 0.0986. The second-order valence-corrected chi connectivity index (χ2v) is 11.9. The lowest BCUT2D eigenvalue weighted by atomic mass is 10.2. The summed E-state index contributed by atoms with van der Waals surface area (Å²) in [7, 11) is 0.421. The van der Waals surface area contributed by atoms with E-state index in [0.29, 0.717) is 30.3 Å². The Kier molecular flexibility index (Phi) is 11.3. The van der Waals surface area contributed by atoms with E-state index in [9.17, 15) is 13.2 Å². The lowest BCUT2D eigenvalue weighted by Crippen LogP contribution is -2.34. The second-order valence-electron chi connectivity index (χ2n) is 8.91. The molecule has 0 saturated carbocycles. The number of aryl methyl sites for hydroxylation is 1. The maximum atomic E-state index is 13.6. The third-order valence-electron chi connectivity index (χ3n) is 5.93. The number of aromatic nitrogens is 1. The van der Waals surface area contributed by atoms with Crippen LogP contribution in [0.4, 0.5) is 5.13 Å². The van der Waals surface area contributed by atoms with Crippen molar-refractivity contribution in [3.05, 3.63) is 53.6 Å². The molecule has 36 heavy (non-hydrogen) atoms. The van der Waals surface area contributed by atoms with Gasteiger partial charge in [0.1, 0.15) is 0 Å². The van der Waals surface area contributed by atoms with E-state index in [4.69, 9.17) is 4.98 Å².